The van der Waals surface area contributed by atoms with E-state index in [1.165, 1.54) is 11.3 Å². The Hall–Kier alpha value is -2.99. The minimum Gasteiger partial charge on any atom is -0.481 e. The third-order valence-corrected chi connectivity index (χ3v) is 5.52. The summed E-state index contributed by atoms with van der Waals surface area (Å²) in [6.45, 7) is 5.57. The molecule has 0 fully saturated rings. The van der Waals surface area contributed by atoms with Crippen LogP contribution >= 0.6 is 11.3 Å². The number of ketones is 1. The predicted octanol–water partition coefficient (Wildman–Crippen LogP) is 4.40. The number of carbonyl (C=O) groups excluding carboxylic acids is 2. The molecule has 0 spiro atoms. The zero-order chi connectivity index (χ0) is 20.1. The van der Waals surface area contributed by atoms with Crippen LogP contribution in [-0.2, 0) is 11.3 Å². The summed E-state index contributed by atoms with van der Waals surface area (Å²) < 4.78 is 5.74. The van der Waals surface area contributed by atoms with Crippen molar-refractivity contribution < 1.29 is 14.3 Å². The molecule has 28 heavy (non-hydrogen) atoms. The summed E-state index contributed by atoms with van der Waals surface area (Å²) in [5, 5.41) is 3.67. The topological polar surface area (TPSA) is 68.3 Å². The van der Waals surface area contributed by atoms with Gasteiger partial charge in [0, 0.05) is 19.0 Å². The Morgan fingerprint density at radius 1 is 1.11 bits per heavy atom. The van der Waals surface area contributed by atoms with Gasteiger partial charge in [-0.05, 0) is 43.7 Å². The highest BCUT2D eigenvalue weighted by Crippen LogP contribution is 2.29. The molecule has 0 bridgehead atoms. The van der Waals surface area contributed by atoms with Crippen molar-refractivity contribution in [3.63, 3.8) is 0 Å². The van der Waals surface area contributed by atoms with Crippen molar-refractivity contribution in [2.45, 2.75) is 33.4 Å². The molecular weight excluding hydrogens is 372 g/mol. The normalized spacial score (nSPS) is 11.7. The van der Waals surface area contributed by atoms with Crippen LogP contribution in [0.3, 0.4) is 0 Å². The van der Waals surface area contributed by atoms with Crippen LogP contribution in [0.5, 0.6) is 5.75 Å². The van der Waals surface area contributed by atoms with E-state index in [0.717, 1.165) is 21.8 Å². The van der Waals surface area contributed by atoms with Gasteiger partial charge in [0.25, 0.3) is 5.91 Å². The molecule has 0 radical (unpaired) electrons. The molecule has 6 heteroatoms. The molecule has 1 heterocycles. The third kappa shape index (κ3) is 4.84. The smallest absolute Gasteiger partial charge is 0.261 e. The lowest BCUT2D eigenvalue weighted by Gasteiger charge is -2.15. The van der Waals surface area contributed by atoms with Gasteiger partial charge >= 0.3 is 0 Å². The Balaban J connectivity index is 1.59. The molecule has 0 aliphatic rings. The van der Waals surface area contributed by atoms with E-state index in [1.807, 2.05) is 49.4 Å². The first-order chi connectivity index (χ1) is 13.4. The molecule has 144 valence electrons. The SMILES string of the molecule is CC(=O)c1sc(-c2ccc(O[C@H](C)C(=O)NCc3ccccc3)cc2)nc1C. The van der Waals surface area contributed by atoms with Crippen LogP contribution < -0.4 is 10.1 Å². The van der Waals surface area contributed by atoms with E-state index in [2.05, 4.69) is 10.3 Å². The lowest BCUT2D eigenvalue weighted by molar-refractivity contribution is -0.127. The summed E-state index contributed by atoms with van der Waals surface area (Å²) in [5.74, 6) is 0.456. The Bertz CT molecular complexity index is 965. The molecule has 5 nitrogen and oxygen atoms in total. The van der Waals surface area contributed by atoms with Gasteiger partial charge in [0.1, 0.15) is 10.8 Å². The molecule has 0 unspecified atom stereocenters. The number of nitrogens with zero attached hydrogens (tertiary/aromatic N) is 1. The number of aromatic nitrogens is 1. The minimum absolute atomic E-state index is 0.0246. The number of thiazole rings is 1. The summed E-state index contributed by atoms with van der Waals surface area (Å²) in [6, 6.07) is 17.1. The van der Waals surface area contributed by atoms with Crippen molar-refractivity contribution in [1.82, 2.24) is 10.3 Å². The minimum atomic E-state index is -0.610. The van der Waals surface area contributed by atoms with E-state index in [4.69, 9.17) is 4.74 Å². The Morgan fingerprint density at radius 3 is 2.39 bits per heavy atom. The first kappa shape index (κ1) is 19.8. The van der Waals surface area contributed by atoms with E-state index in [9.17, 15) is 9.59 Å². The summed E-state index contributed by atoms with van der Waals surface area (Å²) in [7, 11) is 0. The number of aryl methyl sites for hydroxylation is 1. The Labute approximate surface area is 168 Å². The zero-order valence-electron chi connectivity index (χ0n) is 16.1. The Morgan fingerprint density at radius 2 is 1.79 bits per heavy atom. The van der Waals surface area contributed by atoms with Crippen molar-refractivity contribution in [2.24, 2.45) is 0 Å². The quantitative estimate of drug-likeness (QED) is 0.603. The van der Waals surface area contributed by atoms with E-state index in [1.54, 1.807) is 26.0 Å². The van der Waals surface area contributed by atoms with Gasteiger partial charge in [-0.2, -0.15) is 0 Å². The van der Waals surface area contributed by atoms with E-state index >= 15 is 0 Å². The second-order valence-corrected chi connectivity index (χ2v) is 7.48. The fraction of sp³-hybridized carbons (Fsp3) is 0.227. The molecule has 1 aromatic heterocycles. The maximum atomic E-state index is 12.2. The second-order valence-electron chi connectivity index (χ2n) is 6.48. The summed E-state index contributed by atoms with van der Waals surface area (Å²) in [4.78, 5) is 29.0. The van der Waals surface area contributed by atoms with Gasteiger partial charge in [-0.3, -0.25) is 9.59 Å². The summed E-state index contributed by atoms with van der Waals surface area (Å²) in [6.07, 6.45) is -0.610. The van der Waals surface area contributed by atoms with Crippen molar-refractivity contribution in [3.8, 4) is 16.3 Å². The van der Waals surface area contributed by atoms with Crippen LogP contribution in [0.15, 0.2) is 54.6 Å². The predicted molar refractivity (Wildman–Crippen MR) is 111 cm³/mol. The van der Waals surface area contributed by atoms with Crippen LogP contribution in [0, 0.1) is 6.92 Å². The molecule has 0 saturated carbocycles. The largest absolute Gasteiger partial charge is 0.481 e. The van der Waals surface area contributed by atoms with Gasteiger partial charge in [0.2, 0.25) is 0 Å². The van der Waals surface area contributed by atoms with E-state index in [0.29, 0.717) is 17.2 Å². The molecule has 0 aliphatic carbocycles. The van der Waals surface area contributed by atoms with Crippen molar-refractivity contribution in [1.29, 1.82) is 0 Å². The molecule has 3 aromatic rings. The number of ether oxygens (including phenoxy) is 1. The average Bonchev–Trinajstić information content (AvgIpc) is 3.09. The number of hydrogen-bond donors (Lipinski definition) is 1. The van der Waals surface area contributed by atoms with Crippen LogP contribution in [0.1, 0.15) is 34.8 Å². The van der Waals surface area contributed by atoms with Crippen molar-refractivity contribution in [2.75, 3.05) is 0 Å². The standard InChI is InChI=1S/C22H22N2O3S/c1-14-20(15(2)25)28-22(24-14)18-9-11-19(12-10-18)27-16(3)21(26)23-13-17-7-5-4-6-8-17/h4-12,16H,13H2,1-3H3,(H,23,26)/t16-/m1/s1. The van der Waals surface area contributed by atoms with Crippen LogP contribution in [0.4, 0.5) is 0 Å². The molecular formula is C22H22N2O3S. The molecule has 1 amide bonds. The zero-order valence-corrected chi connectivity index (χ0v) is 16.9. The number of benzene rings is 2. The van der Waals surface area contributed by atoms with Crippen LogP contribution in [-0.4, -0.2) is 22.8 Å². The van der Waals surface area contributed by atoms with Gasteiger partial charge in [-0.25, -0.2) is 4.98 Å². The number of hydrogen-bond acceptors (Lipinski definition) is 5. The van der Waals surface area contributed by atoms with Crippen LogP contribution in [0.2, 0.25) is 0 Å². The van der Waals surface area contributed by atoms with Gasteiger partial charge in [0.05, 0.1) is 10.6 Å². The number of amides is 1. The highest BCUT2D eigenvalue weighted by Gasteiger charge is 2.15. The second kappa shape index (κ2) is 8.80. The first-order valence-electron chi connectivity index (χ1n) is 9.01. The third-order valence-electron chi connectivity index (χ3n) is 4.21. The lowest BCUT2D eigenvalue weighted by atomic mass is 10.2. The monoisotopic (exact) mass is 394 g/mol. The Kier molecular flexibility index (Phi) is 6.21. The molecule has 1 atom stereocenters. The number of rotatable bonds is 7. The van der Waals surface area contributed by atoms with Gasteiger partial charge < -0.3 is 10.1 Å². The first-order valence-corrected chi connectivity index (χ1v) is 9.83. The van der Waals surface area contributed by atoms with Crippen molar-refractivity contribution in [3.05, 3.63) is 70.7 Å². The fourth-order valence-electron chi connectivity index (χ4n) is 2.71. The molecule has 0 saturated heterocycles. The number of nitrogens with one attached hydrogen (secondary N) is 1. The molecule has 2 aromatic carbocycles. The van der Waals surface area contributed by atoms with Crippen molar-refractivity contribution >= 4 is 23.0 Å². The van der Waals surface area contributed by atoms with Crippen LogP contribution in [0.25, 0.3) is 10.6 Å². The van der Waals surface area contributed by atoms with E-state index in [-0.39, 0.29) is 11.7 Å². The van der Waals surface area contributed by atoms with Gasteiger partial charge in [-0.1, -0.05) is 30.3 Å². The lowest BCUT2D eigenvalue weighted by Crippen LogP contribution is -2.35. The van der Waals surface area contributed by atoms with Gasteiger partial charge in [0.15, 0.2) is 11.9 Å². The number of Topliss-reactive ketones (excluding diaryl/α,β-unsaturated/α-hetero) is 1. The number of carbonyl (C=O) groups is 2. The summed E-state index contributed by atoms with van der Waals surface area (Å²) >= 11 is 1.38. The maximum absolute atomic E-state index is 12.2. The summed E-state index contributed by atoms with van der Waals surface area (Å²) in [5.41, 5.74) is 2.70. The highest BCUT2D eigenvalue weighted by atomic mass is 32.1. The molecule has 1 N–H and O–H groups in total. The van der Waals surface area contributed by atoms with Gasteiger partial charge in [-0.15, -0.1) is 11.3 Å². The molecule has 0 aliphatic heterocycles. The molecule has 3 rings (SSSR count). The average molecular weight is 394 g/mol. The van der Waals surface area contributed by atoms with E-state index < -0.39 is 6.10 Å². The fourth-order valence-corrected chi connectivity index (χ4v) is 3.68. The maximum Gasteiger partial charge on any atom is 0.261 e. The highest BCUT2D eigenvalue weighted by molar-refractivity contribution is 7.17.